The Morgan fingerprint density at radius 2 is 1.89 bits per heavy atom. The Hall–Kier alpha value is -3.55. The van der Waals surface area contributed by atoms with E-state index in [1.54, 1.807) is 24.3 Å². The number of ether oxygens (including phenoxy) is 3. The molecule has 1 N–H and O–H groups in total. The Kier molecular flexibility index (Phi) is 4.98. The maximum Gasteiger partial charge on any atom is 0.308 e. The van der Waals surface area contributed by atoms with Gasteiger partial charge in [0, 0.05) is 19.9 Å². The smallest absolute Gasteiger partial charge is 0.308 e. The number of amides is 1. The van der Waals surface area contributed by atoms with Gasteiger partial charge in [-0.05, 0) is 24.3 Å². The number of benzene rings is 2. The van der Waals surface area contributed by atoms with Crippen molar-refractivity contribution in [3.63, 3.8) is 0 Å². The maximum atomic E-state index is 12.1. The summed E-state index contributed by atoms with van der Waals surface area (Å²) in [5, 5.41) is 15.1. The molecular weight excluding hydrogens is 352 g/mol. The van der Waals surface area contributed by atoms with Gasteiger partial charge in [-0.3, -0.25) is 9.59 Å². The van der Waals surface area contributed by atoms with E-state index in [1.807, 2.05) is 0 Å². The number of aromatic hydroxyl groups is 1. The van der Waals surface area contributed by atoms with Crippen molar-refractivity contribution in [3.05, 3.63) is 53.6 Å². The van der Waals surface area contributed by atoms with E-state index < -0.39 is 12.2 Å². The SMILES string of the molecule is COc1ccccc1C1OC(c2ccc(O)cc2OC(C)=O)=NN1C(C)=O. The van der Waals surface area contributed by atoms with Crippen molar-refractivity contribution in [2.45, 2.75) is 20.1 Å². The first kappa shape index (κ1) is 18.2. The fourth-order valence-corrected chi connectivity index (χ4v) is 2.68. The van der Waals surface area contributed by atoms with Gasteiger partial charge < -0.3 is 19.3 Å². The number of nitrogens with zero attached hydrogens (tertiary/aromatic N) is 2. The van der Waals surface area contributed by atoms with E-state index in [0.29, 0.717) is 16.9 Å². The van der Waals surface area contributed by atoms with Crippen LogP contribution >= 0.6 is 0 Å². The maximum absolute atomic E-state index is 12.1. The molecule has 0 bridgehead atoms. The minimum atomic E-state index is -0.840. The molecule has 27 heavy (non-hydrogen) atoms. The third-order valence-corrected chi connectivity index (χ3v) is 3.82. The van der Waals surface area contributed by atoms with Crippen LogP contribution in [0.3, 0.4) is 0 Å². The second kappa shape index (κ2) is 7.36. The molecule has 3 rings (SSSR count). The Balaban J connectivity index is 2.03. The number of methoxy groups -OCH3 is 1. The van der Waals surface area contributed by atoms with E-state index >= 15 is 0 Å². The molecule has 0 saturated carbocycles. The number of carbonyl (C=O) groups excluding carboxylic acids is 2. The largest absolute Gasteiger partial charge is 0.508 e. The molecule has 1 amide bonds. The third kappa shape index (κ3) is 3.69. The summed E-state index contributed by atoms with van der Waals surface area (Å²) >= 11 is 0. The van der Waals surface area contributed by atoms with Gasteiger partial charge in [0.1, 0.15) is 17.2 Å². The van der Waals surface area contributed by atoms with Crippen LogP contribution in [0.1, 0.15) is 31.2 Å². The number of phenols is 1. The van der Waals surface area contributed by atoms with Gasteiger partial charge in [0.15, 0.2) is 0 Å². The molecule has 2 aromatic rings. The molecule has 1 unspecified atom stereocenters. The third-order valence-electron chi connectivity index (χ3n) is 3.82. The van der Waals surface area contributed by atoms with E-state index in [-0.39, 0.29) is 23.3 Å². The zero-order valence-electron chi connectivity index (χ0n) is 15.0. The van der Waals surface area contributed by atoms with Crippen molar-refractivity contribution in [1.82, 2.24) is 5.01 Å². The first-order valence-electron chi connectivity index (χ1n) is 8.10. The normalized spacial score (nSPS) is 15.7. The van der Waals surface area contributed by atoms with Gasteiger partial charge >= 0.3 is 5.97 Å². The van der Waals surface area contributed by atoms with Crippen molar-refractivity contribution < 1.29 is 28.9 Å². The topological polar surface area (TPSA) is 97.7 Å². The van der Waals surface area contributed by atoms with E-state index in [2.05, 4.69) is 5.10 Å². The molecule has 1 heterocycles. The average molecular weight is 370 g/mol. The van der Waals surface area contributed by atoms with E-state index in [9.17, 15) is 14.7 Å². The van der Waals surface area contributed by atoms with Crippen LogP contribution in [0.4, 0.5) is 0 Å². The molecule has 2 aromatic carbocycles. The quantitative estimate of drug-likeness (QED) is 0.656. The molecule has 1 atom stereocenters. The Bertz CT molecular complexity index is 924. The number of carbonyl (C=O) groups is 2. The number of rotatable bonds is 4. The van der Waals surface area contributed by atoms with Crippen molar-refractivity contribution in [1.29, 1.82) is 0 Å². The summed E-state index contributed by atoms with van der Waals surface area (Å²) in [5.74, 6) is -0.295. The number of hydrogen-bond acceptors (Lipinski definition) is 7. The first-order valence-corrected chi connectivity index (χ1v) is 8.10. The van der Waals surface area contributed by atoms with Gasteiger partial charge in [0.25, 0.3) is 0 Å². The van der Waals surface area contributed by atoms with Crippen LogP contribution in [0.5, 0.6) is 17.2 Å². The zero-order valence-corrected chi connectivity index (χ0v) is 15.0. The van der Waals surface area contributed by atoms with E-state index in [4.69, 9.17) is 14.2 Å². The average Bonchev–Trinajstić information content (AvgIpc) is 3.06. The molecule has 140 valence electrons. The van der Waals surface area contributed by atoms with Crippen LogP contribution in [0, 0.1) is 0 Å². The highest BCUT2D eigenvalue weighted by Crippen LogP contribution is 2.37. The molecule has 0 saturated heterocycles. The Morgan fingerprint density at radius 1 is 1.15 bits per heavy atom. The molecule has 0 aromatic heterocycles. The molecule has 0 fully saturated rings. The lowest BCUT2D eigenvalue weighted by Crippen LogP contribution is -2.25. The van der Waals surface area contributed by atoms with E-state index in [0.717, 1.165) is 0 Å². The predicted molar refractivity (Wildman–Crippen MR) is 95.3 cm³/mol. The predicted octanol–water partition coefficient (Wildman–Crippen LogP) is 2.57. The summed E-state index contributed by atoms with van der Waals surface area (Å²) in [4.78, 5) is 23.5. The van der Waals surface area contributed by atoms with Crippen molar-refractivity contribution >= 4 is 17.8 Å². The van der Waals surface area contributed by atoms with Crippen molar-refractivity contribution in [2.24, 2.45) is 5.10 Å². The lowest BCUT2D eigenvalue weighted by atomic mass is 10.1. The highest BCUT2D eigenvalue weighted by Gasteiger charge is 2.36. The summed E-state index contributed by atoms with van der Waals surface area (Å²) in [5.41, 5.74) is 0.938. The van der Waals surface area contributed by atoms with Gasteiger partial charge in [0.05, 0.1) is 18.2 Å². The van der Waals surface area contributed by atoms with Crippen LogP contribution < -0.4 is 9.47 Å². The first-order chi connectivity index (χ1) is 12.9. The highest BCUT2D eigenvalue weighted by atomic mass is 16.6. The number of hydrazone groups is 1. The second-order valence-electron chi connectivity index (χ2n) is 5.76. The number of hydrogen-bond donors (Lipinski definition) is 1. The molecule has 0 aliphatic carbocycles. The Labute approximate surface area is 155 Å². The van der Waals surface area contributed by atoms with Crippen molar-refractivity contribution in [3.8, 4) is 17.2 Å². The molecule has 1 aliphatic heterocycles. The lowest BCUT2D eigenvalue weighted by molar-refractivity contribution is -0.135. The van der Waals surface area contributed by atoms with Gasteiger partial charge in [-0.2, -0.15) is 5.01 Å². The number of esters is 1. The van der Waals surface area contributed by atoms with Crippen LogP contribution in [-0.4, -0.2) is 35.0 Å². The van der Waals surface area contributed by atoms with Gasteiger partial charge in [-0.15, -0.1) is 5.10 Å². The minimum Gasteiger partial charge on any atom is -0.508 e. The molecular formula is C19H18N2O6. The monoisotopic (exact) mass is 370 g/mol. The van der Waals surface area contributed by atoms with Gasteiger partial charge in [-0.1, -0.05) is 12.1 Å². The van der Waals surface area contributed by atoms with Crippen LogP contribution in [0.25, 0.3) is 0 Å². The fourth-order valence-electron chi connectivity index (χ4n) is 2.68. The molecule has 0 radical (unpaired) electrons. The van der Waals surface area contributed by atoms with Gasteiger partial charge in [-0.25, -0.2) is 0 Å². The van der Waals surface area contributed by atoms with Crippen LogP contribution in [-0.2, 0) is 14.3 Å². The second-order valence-corrected chi connectivity index (χ2v) is 5.76. The molecule has 0 spiro atoms. The molecule has 8 heteroatoms. The lowest BCUT2D eigenvalue weighted by Gasteiger charge is -2.21. The molecule has 8 nitrogen and oxygen atoms in total. The van der Waals surface area contributed by atoms with Gasteiger partial charge in [0.2, 0.25) is 18.0 Å². The summed E-state index contributed by atoms with van der Waals surface area (Å²) in [6.45, 7) is 2.60. The summed E-state index contributed by atoms with van der Waals surface area (Å²) < 4.78 is 16.4. The van der Waals surface area contributed by atoms with Crippen molar-refractivity contribution in [2.75, 3.05) is 7.11 Å². The minimum absolute atomic E-state index is 0.0745. The summed E-state index contributed by atoms with van der Waals surface area (Å²) in [6.07, 6.45) is -0.840. The standard InChI is InChI=1S/C19H18N2O6/c1-11(22)21-19(15-6-4-5-7-16(15)25-3)27-18(20-21)14-9-8-13(24)10-17(14)26-12(2)23/h4-10,19,24H,1-3H3. The van der Waals surface area contributed by atoms with Crippen LogP contribution in [0.2, 0.25) is 0 Å². The molecule has 1 aliphatic rings. The number of phenolic OH excluding ortho intramolecular Hbond substituents is 1. The summed E-state index contributed by atoms with van der Waals surface area (Å²) in [7, 11) is 1.52. The van der Waals surface area contributed by atoms with E-state index in [1.165, 1.54) is 44.2 Å². The number of para-hydroxylation sites is 1. The highest BCUT2D eigenvalue weighted by molar-refractivity contribution is 5.99. The summed E-state index contributed by atoms with van der Waals surface area (Å²) in [6, 6.07) is 11.3. The Morgan fingerprint density at radius 3 is 2.56 bits per heavy atom. The fraction of sp³-hybridized carbons (Fsp3) is 0.211. The zero-order chi connectivity index (χ0) is 19.6. The van der Waals surface area contributed by atoms with Crippen LogP contribution in [0.15, 0.2) is 47.6 Å².